The van der Waals surface area contributed by atoms with Crippen LogP contribution in [-0.2, 0) is 23.7 Å². The Bertz CT molecular complexity index is 435. The molecule has 1 aliphatic rings. The smallest absolute Gasteiger partial charge is 0.337 e. The van der Waals surface area contributed by atoms with Crippen LogP contribution in [0.4, 0.5) is 0 Å². The Morgan fingerprint density at radius 3 is 2.67 bits per heavy atom. The standard InChI is InChI=1S/C12H16Cl3NO5/c1-11(10(17)19-3)8(5-4-6-20-7-18-2)21-9(16-11)12(13,14)15/h4-5,8H,6-7H2,1-3H3/b5-4+/t8-,11-/m1/s1. The average molecular weight is 361 g/mol. The van der Waals surface area contributed by atoms with Gasteiger partial charge in [0.05, 0.1) is 13.7 Å². The molecule has 0 N–H and O–H groups in total. The summed E-state index contributed by atoms with van der Waals surface area (Å²) in [4.78, 5) is 16.0. The lowest BCUT2D eigenvalue weighted by atomic mass is 9.96. The molecule has 0 saturated carbocycles. The van der Waals surface area contributed by atoms with E-state index in [0.29, 0.717) is 0 Å². The van der Waals surface area contributed by atoms with Crippen molar-refractivity contribution in [3.8, 4) is 0 Å². The summed E-state index contributed by atoms with van der Waals surface area (Å²) in [5.41, 5.74) is -1.33. The number of hydrogen-bond donors (Lipinski definition) is 0. The molecular weight excluding hydrogens is 344 g/mol. The molecule has 0 spiro atoms. The second-order valence-electron chi connectivity index (χ2n) is 4.30. The number of carbonyl (C=O) groups excluding carboxylic acids is 1. The number of methoxy groups -OCH3 is 2. The first kappa shape index (κ1) is 18.5. The van der Waals surface area contributed by atoms with Crippen LogP contribution in [0.1, 0.15) is 6.92 Å². The van der Waals surface area contributed by atoms with Crippen LogP contribution >= 0.6 is 34.8 Å². The summed E-state index contributed by atoms with van der Waals surface area (Å²) < 4.78 is 18.2. The van der Waals surface area contributed by atoms with Crippen molar-refractivity contribution in [2.75, 3.05) is 27.6 Å². The van der Waals surface area contributed by atoms with E-state index in [9.17, 15) is 4.79 Å². The van der Waals surface area contributed by atoms with Crippen molar-refractivity contribution in [3.63, 3.8) is 0 Å². The predicted octanol–water partition coefficient (Wildman–Crippen LogP) is 2.26. The van der Waals surface area contributed by atoms with Gasteiger partial charge in [0.2, 0.25) is 5.90 Å². The molecule has 0 aliphatic carbocycles. The van der Waals surface area contributed by atoms with E-state index in [1.165, 1.54) is 21.1 Å². The highest BCUT2D eigenvalue weighted by Gasteiger charge is 2.52. The first-order valence-electron chi connectivity index (χ1n) is 5.91. The van der Waals surface area contributed by atoms with Gasteiger partial charge in [0, 0.05) is 7.11 Å². The zero-order valence-electron chi connectivity index (χ0n) is 11.8. The van der Waals surface area contributed by atoms with Crippen molar-refractivity contribution in [1.82, 2.24) is 0 Å². The number of nitrogens with zero attached hydrogens (tertiary/aromatic N) is 1. The van der Waals surface area contributed by atoms with Crippen LogP contribution in [0.25, 0.3) is 0 Å². The Hall–Kier alpha value is -0.530. The van der Waals surface area contributed by atoms with Crippen molar-refractivity contribution in [1.29, 1.82) is 0 Å². The molecule has 9 heteroatoms. The average Bonchev–Trinajstić information content (AvgIpc) is 2.76. The molecule has 1 aliphatic heterocycles. The number of aliphatic imine (C=N–C) groups is 1. The van der Waals surface area contributed by atoms with Gasteiger partial charge >= 0.3 is 5.97 Å². The van der Waals surface area contributed by atoms with E-state index in [2.05, 4.69) is 4.99 Å². The van der Waals surface area contributed by atoms with Crippen LogP contribution in [0.2, 0.25) is 0 Å². The lowest BCUT2D eigenvalue weighted by Gasteiger charge is -2.22. The molecule has 0 aromatic heterocycles. The largest absolute Gasteiger partial charge is 0.467 e. The number of halogens is 3. The quantitative estimate of drug-likeness (QED) is 0.239. The summed E-state index contributed by atoms with van der Waals surface area (Å²) in [6, 6.07) is 0. The van der Waals surface area contributed by atoms with Gasteiger partial charge in [-0.05, 0) is 13.0 Å². The normalized spacial score (nSPS) is 25.8. The van der Waals surface area contributed by atoms with Gasteiger partial charge in [0.15, 0.2) is 11.6 Å². The van der Waals surface area contributed by atoms with E-state index in [0.717, 1.165) is 0 Å². The number of alkyl halides is 3. The summed E-state index contributed by atoms with van der Waals surface area (Å²) in [5.74, 6) is -0.757. The third kappa shape index (κ3) is 4.72. The zero-order chi connectivity index (χ0) is 16.1. The van der Waals surface area contributed by atoms with Crippen LogP contribution in [0, 0.1) is 0 Å². The topological polar surface area (TPSA) is 66.3 Å². The van der Waals surface area contributed by atoms with Crippen LogP contribution in [0.5, 0.6) is 0 Å². The molecule has 2 atom stereocenters. The fraction of sp³-hybridized carbons (Fsp3) is 0.667. The van der Waals surface area contributed by atoms with Crippen molar-refractivity contribution >= 4 is 46.7 Å². The number of ether oxygens (including phenoxy) is 4. The minimum Gasteiger partial charge on any atom is -0.467 e. The van der Waals surface area contributed by atoms with Crippen LogP contribution < -0.4 is 0 Å². The van der Waals surface area contributed by atoms with Gasteiger partial charge in [-0.2, -0.15) is 0 Å². The third-order valence-corrected chi connectivity index (χ3v) is 3.18. The second kappa shape index (κ2) is 7.65. The molecule has 21 heavy (non-hydrogen) atoms. The van der Waals surface area contributed by atoms with Gasteiger partial charge in [-0.25, -0.2) is 9.79 Å². The first-order valence-corrected chi connectivity index (χ1v) is 7.04. The molecule has 6 nitrogen and oxygen atoms in total. The number of carbonyl (C=O) groups is 1. The fourth-order valence-electron chi connectivity index (χ4n) is 1.64. The van der Waals surface area contributed by atoms with Crippen LogP contribution in [-0.4, -0.2) is 54.9 Å². The highest BCUT2D eigenvalue weighted by molar-refractivity contribution is 6.76. The molecule has 0 fully saturated rings. The molecule has 0 saturated heterocycles. The SMILES string of the molecule is COCOC/C=C/[C@H]1OC(C(Cl)(Cl)Cl)=N[C@@]1(C)C(=O)OC. The van der Waals surface area contributed by atoms with Crippen molar-refractivity contribution in [2.45, 2.75) is 22.4 Å². The summed E-state index contributed by atoms with van der Waals surface area (Å²) in [6.07, 6.45) is 2.49. The minimum atomic E-state index is -1.86. The monoisotopic (exact) mass is 359 g/mol. The molecule has 1 heterocycles. The van der Waals surface area contributed by atoms with Gasteiger partial charge in [-0.3, -0.25) is 0 Å². The lowest BCUT2D eigenvalue weighted by Crippen LogP contribution is -2.42. The zero-order valence-corrected chi connectivity index (χ0v) is 14.0. The third-order valence-electron chi connectivity index (χ3n) is 2.69. The van der Waals surface area contributed by atoms with E-state index >= 15 is 0 Å². The van der Waals surface area contributed by atoms with Crippen LogP contribution in [0.3, 0.4) is 0 Å². The lowest BCUT2D eigenvalue weighted by molar-refractivity contribution is -0.147. The molecule has 0 bridgehead atoms. The van der Waals surface area contributed by atoms with E-state index in [-0.39, 0.29) is 19.3 Å². The Morgan fingerprint density at radius 1 is 1.48 bits per heavy atom. The van der Waals surface area contributed by atoms with E-state index in [1.54, 1.807) is 12.2 Å². The van der Waals surface area contributed by atoms with Crippen molar-refractivity contribution < 1.29 is 23.7 Å². The number of esters is 1. The summed E-state index contributed by atoms with van der Waals surface area (Å²) >= 11 is 17.2. The Kier molecular flexibility index (Phi) is 6.74. The van der Waals surface area contributed by atoms with Gasteiger partial charge in [-0.15, -0.1) is 0 Å². The Morgan fingerprint density at radius 2 is 2.14 bits per heavy atom. The second-order valence-corrected chi connectivity index (χ2v) is 6.58. The minimum absolute atomic E-state index is 0.153. The van der Waals surface area contributed by atoms with Gasteiger partial charge < -0.3 is 18.9 Å². The molecule has 0 radical (unpaired) electrons. The molecule has 0 aromatic rings. The molecule has 120 valence electrons. The fourth-order valence-corrected chi connectivity index (χ4v) is 1.90. The van der Waals surface area contributed by atoms with Crippen LogP contribution in [0.15, 0.2) is 17.1 Å². The van der Waals surface area contributed by atoms with E-state index in [1.807, 2.05) is 0 Å². The molecular formula is C12H16Cl3NO5. The predicted molar refractivity (Wildman–Crippen MR) is 80.0 cm³/mol. The number of rotatable bonds is 6. The molecule has 1 rings (SSSR count). The Balaban J connectivity index is 2.86. The van der Waals surface area contributed by atoms with Gasteiger partial charge in [0.25, 0.3) is 3.79 Å². The molecule has 0 amide bonds. The summed E-state index contributed by atoms with van der Waals surface area (Å²) in [6.45, 7) is 1.96. The van der Waals surface area contributed by atoms with Crippen molar-refractivity contribution in [3.05, 3.63) is 12.2 Å². The highest BCUT2D eigenvalue weighted by atomic mass is 35.6. The maximum Gasteiger partial charge on any atom is 0.337 e. The highest BCUT2D eigenvalue weighted by Crippen LogP contribution is 2.37. The molecule has 0 unspecified atom stereocenters. The Labute approximate surface area is 137 Å². The van der Waals surface area contributed by atoms with Gasteiger partial charge in [0.1, 0.15) is 6.79 Å². The van der Waals surface area contributed by atoms with Gasteiger partial charge in [-0.1, -0.05) is 40.9 Å². The first-order chi connectivity index (χ1) is 9.75. The maximum atomic E-state index is 11.9. The number of hydrogen-bond acceptors (Lipinski definition) is 6. The van der Waals surface area contributed by atoms with E-state index < -0.39 is 21.4 Å². The maximum absolute atomic E-state index is 11.9. The summed E-state index contributed by atoms with van der Waals surface area (Å²) in [5, 5.41) is 0. The van der Waals surface area contributed by atoms with E-state index in [4.69, 9.17) is 53.8 Å². The summed E-state index contributed by atoms with van der Waals surface area (Å²) in [7, 11) is 2.76. The molecule has 0 aromatic carbocycles. The van der Waals surface area contributed by atoms with Crippen molar-refractivity contribution in [2.24, 2.45) is 4.99 Å².